The molecule has 0 saturated heterocycles. The molecular weight excluding hydrogens is 751 g/mol. The first-order chi connectivity index (χ1) is 30.3. The predicted molar refractivity (Wildman–Crippen MR) is 265 cm³/mol. The highest BCUT2D eigenvalue weighted by molar-refractivity contribution is 5.81. The van der Waals surface area contributed by atoms with E-state index in [-0.39, 0.29) is 0 Å². The lowest BCUT2D eigenvalue weighted by molar-refractivity contribution is 0.840. The second-order valence-electron chi connectivity index (χ2n) is 16.7. The van der Waals surface area contributed by atoms with E-state index in [9.17, 15) is 0 Å². The smallest absolute Gasteiger partial charge is 0.0462 e. The molecule has 0 N–H and O–H groups in total. The molecule has 0 spiro atoms. The van der Waals surface area contributed by atoms with Gasteiger partial charge in [0.15, 0.2) is 0 Å². The molecule has 0 heterocycles. The first kappa shape index (κ1) is 40.1. The molecule has 9 rings (SSSR count). The third-order valence-electron chi connectivity index (χ3n) is 12.0. The summed E-state index contributed by atoms with van der Waals surface area (Å²) in [5, 5.41) is 0. The third kappa shape index (κ3) is 8.75. The summed E-state index contributed by atoms with van der Waals surface area (Å²) in [5.41, 5.74) is 20.2. The van der Waals surface area contributed by atoms with Crippen LogP contribution in [0.3, 0.4) is 0 Å². The molecule has 0 radical (unpaired) electrons. The van der Waals surface area contributed by atoms with Crippen molar-refractivity contribution in [3.63, 3.8) is 0 Å². The van der Waals surface area contributed by atoms with E-state index in [2.05, 4.69) is 262 Å². The number of benzene rings is 8. The number of nitrogens with zero attached hydrogens (tertiary/aromatic N) is 3. The van der Waals surface area contributed by atoms with Gasteiger partial charge in [-0.3, -0.25) is 0 Å². The zero-order valence-electron chi connectivity index (χ0n) is 36.3. The standard InChI is InChI=1S/C59H53N3/c1-42-6-24-51(25-7-42)60(52-26-8-43(2)9-27-52)56-34-16-47(17-35-56)49-20-38-58(39-21-49)62(55-32-14-46(5)15-33-55)59-40-22-50(23-41-59)48-18-36-57(37-19-48)61(53-28-10-44(3)11-29-53)54-30-12-45(4)13-31-54/h6-18,20-41,48H,19H2,1-5H3. The Morgan fingerprint density at radius 3 is 0.839 bits per heavy atom. The predicted octanol–water partition coefficient (Wildman–Crippen LogP) is 16.6. The fourth-order valence-electron chi connectivity index (χ4n) is 8.31. The van der Waals surface area contributed by atoms with Crippen molar-refractivity contribution in [1.29, 1.82) is 0 Å². The van der Waals surface area contributed by atoms with Crippen LogP contribution in [-0.2, 0) is 0 Å². The minimum absolute atomic E-state index is 0.296. The van der Waals surface area contributed by atoms with Gasteiger partial charge in [0.25, 0.3) is 0 Å². The van der Waals surface area contributed by atoms with Gasteiger partial charge in [-0.2, -0.15) is 0 Å². The summed E-state index contributed by atoms with van der Waals surface area (Å²) in [6.07, 6.45) is 7.97. The van der Waals surface area contributed by atoms with Crippen molar-refractivity contribution < 1.29 is 0 Å². The average molecular weight is 804 g/mol. The van der Waals surface area contributed by atoms with Crippen LogP contribution < -0.4 is 14.7 Å². The molecule has 8 aromatic rings. The van der Waals surface area contributed by atoms with Gasteiger partial charge in [-0.05, 0) is 161 Å². The number of allylic oxidation sites excluding steroid dienone is 3. The second-order valence-corrected chi connectivity index (χ2v) is 16.7. The molecule has 62 heavy (non-hydrogen) atoms. The van der Waals surface area contributed by atoms with E-state index >= 15 is 0 Å². The Morgan fingerprint density at radius 1 is 0.306 bits per heavy atom. The van der Waals surface area contributed by atoms with E-state index in [0.717, 1.165) is 40.5 Å². The van der Waals surface area contributed by atoms with Crippen molar-refractivity contribution in [2.75, 3.05) is 14.7 Å². The topological polar surface area (TPSA) is 9.72 Å². The summed E-state index contributed by atoms with van der Waals surface area (Å²) < 4.78 is 0. The Balaban J connectivity index is 0.955. The number of rotatable bonds is 11. The van der Waals surface area contributed by atoms with Crippen LogP contribution in [-0.4, -0.2) is 0 Å². The molecular formula is C59H53N3. The maximum atomic E-state index is 2.39. The Labute approximate surface area is 368 Å². The van der Waals surface area contributed by atoms with E-state index in [1.54, 1.807) is 0 Å². The molecule has 1 aliphatic carbocycles. The lowest BCUT2D eigenvalue weighted by Crippen LogP contribution is -2.17. The quantitative estimate of drug-likeness (QED) is 0.129. The van der Waals surface area contributed by atoms with Gasteiger partial charge in [0.2, 0.25) is 0 Å². The molecule has 3 heteroatoms. The zero-order valence-corrected chi connectivity index (χ0v) is 36.3. The van der Waals surface area contributed by atoms with Crippen LogP contribution in [0.2, 0.25) is 0 Å². The third-order valence-corrected chi connectivity index (χ3v) is 12.0. The molecule has 0 aliphatic heterocycles. The summed E-state index contributed by atoms with van der Waals surface area (Å²) in [6, 6.07) is 71.0. The zero-order chi connectivity index (χ0) is 42.6. The summed E-state index contributed by atoms with van der Waals surface area (Å²) >= 11 is 0. The monoisotopic (exact) mass is 803 g/mol. The van der Waals surface area contributed by atoms with E-state index in [1.807, 2.05) is 0 Å². The first-order valence-electron chi connectivity index (χ1n) is 21.7. The summed E-state index contributed by atoms with van der Waals surface area (Å²) in [7, 11) is 0. The van der Waals surface area contributed by atoms with Gasteiger partial charge in [-0.1, -0.05) is 137 Å². The van der Waals surface area contributed by atoms with Gasteiger partial charge < -0.3 is 14.7 Å². The molecule has 8 aromatic carbocycles. The van der Waals surface area contributed by atoms with Crippen molar-refractivity contribution in [1.82, 2.24) is 0 Å². The van der Waals surface area contributed by atoms with Crippen LogP contribution in [0, 0.1) is 34.6 Å². The van der Waals surface area contributed by atoms with Gasteiger partial charge in [-0.15, -0.1) is 0 Å². The highest BCUT2D eigenvalue weighted by atomic mass is 15.2. The highest BCUT2D eigenvalue weighted by Crippen LogP contribution is 2.40. The van der Waals surface area contributed by atoms with Crippen molar-refractivity contribution in [2.45, 2.75) is 47.0 Å². The molecule has 0 aromatic heterocycles. The van der Waals surface area contributed by atoms with E-state index in [0.29, 0.717) is 5.92 Å². The summed E-state index contributed by atoms with van der Waals surface area (Å²) in [5.74, 6) is 0.296. The Bertz CT molecular complexity index is 2710. The van der Waals surface area contributed by atoms with Crippen LogP contribution >= 0.6 is 0 Å². The van der Waals surface area contributed by atoms with Gasteiger partial charge >= 0.3 is 0 Å². The fourth-order valence-corrected chi connectivity index (χ4v) is 8.31. The molecule has 0 amide bonds. The molecule has 0 fully saturated rings. The summed E-state index contributed by atoms with van der Waals surface area (Å²) in [6.45, 7) is 10.7. The van der Waals surface area contributed by atoms with Crippen LogP contribution in [0.4, 0.5) is 45.5 Å². The van der Waals surface area contributed by atoms with Crippen LogP contribution in [0.5, 0.6) is 0 Å². The van der Waals surface area contributed by atoms with E-state index in [4.69, 9.17) is 0 Å². The van der Waals surface area contributed by atoms with Crippen LogP contribution in [0.25, 0.3) is 11.1 Å². The second kappa shape index (κ2) is 17.7. The lowest BCUT2D eigenvalue weighted by atomic mass is 9.91. The molecule has 0 bridgehead atoms. The molecule has 1 unspecified atom stereocenters. The van der Waals surface area contributed by atoms with Crippen molar-refractivity contribution in [3.05, 3.63) is 251 Å². The largest absolute Gasteiger partial charge is 0.311 e. The summed E-state index contributed by atoms with van der Waals surface area (Å²) in [4.78, 5) is 7.04. The molecule has 1 aliphatic rings. The van der Waals surface area contributed by atoms with Gasteiger partial charge in [-0.25, -0.2) is 0 Å². The van der Waals surface area contributed by atoms with Crippen molar-refractivity contribution in [3.8, 4) is 11.1 Å². The first-order valence-corrected chi connectivity index (χ1v) is 21.7. The Morgan fingerprint density at radius 2 is 0.565 bits per heavy atom. The number of anilines is 8. The SMILES string of the molecule is Cc1ccc(N(C2=CCC(c3ccc(N(c4ccc(C)cc4)c4ccc(-c5ccc(N(c6ccc(C)cc6)c6ccc(C)cc6)cc5)cc4)cc3)C=C2)c2ccc(C)cc2)cc1. The minimum atomic E-state index is 0.296. The fraction of sp³-hybridized carbons (Fsp3) is 0.119. The number of hydrogen-bond donors (Lipinski definition) is 0. The maximum Gasteiger partial charge on any atom is 0.0462 e. The molecule has 1 atom stereocenters. The highest BCUT2D eigenvalue weighted by Gasteiger charge is 2.20. The van der Waals surface area contributed by atoms with Crippen LogP contribution in [0.15, 0.2) is 218 Å². The Hall–Kier alpha value is -7.36. The average Bonchev–Trinajstić information content (AvgIpc) is 3.31. The van der Waals surface area contributed by atoms with Gasteiger partial charge in [0, 0.05) is 57.1 Å². The van der Waals surface area contributed by atoms with Gasteiger partial charge in [0.05, 0.1) is 0 Å². The van der Waals surface area contributed by atoms with E-state index < -0.39 is 0 Å². The minimum Gasteiger partial charge on any atom is -0.311 e. The van der Waals surface area contributed by atoms with Gasteiger partial charge in [0.1, 0.15) is 0 Å². The normalized spacial score (nSPS) is 13.4. The van der Waals surface area contributed by atoms with Crippen LogP contribution in [0.1, 0.15) is 45.7 Å². The van der Waals surface area contributed by atoms with E-state index in [1.165, 1.54) is 61.6 Å². The number of hydrogen-bond acceptors (Lipinski definition) is 3. The Kier molecular flexibility index (Phi) is 11.4. The molecule has 0 saturated carbocycles. The maximum absolute atomic E-state index is 2.39. The molecule has 3 nitrogen and oxygen atoms in total. The number of aryl methyl sites for hydroxylation is 5. The van der Waals surface area contributed by atoms with Crippen molar-refractivity contribution >= 4 is 45.5 Å². The molecule has 304 valence electrons. The van der Waals surface area contributed by atoms with Crippen molar-refractivity contribution in [2.24, 2.45) is 0 Å². The lowest BCUT2D eigenvalue weighted by Gasteiger charge is -2.29.